The third kappa shape index (κ3) is 2.03. The molecule has 1 rings (SSSR count). The van der Waals surface area contributed by atoms with Gasteiger partial charge >= 0.3 is 0 Å². The SMILES string of the molecule is CC(C=O)c1cn(C)nc1C(C)(C)C. The van der Waals surface area contributed by atoms with Gasteiger partial charge in [-0.15, -0.1) is 0 Å². The maximum Gasteiger partial charge on any atom is 0.127 e. The van der Waals surface area contributed by atoms with Gasteiger partial charge in [0.2, 0.25) is 0 Å². The maximum atomic E-state index is 10.8. The summed E-state index contributed by atoms with van der Waals surface area (Å²) in [4.78, 5) is 10.8. The van der Waals surface area contributed by atoms with Crippen LogP contribution in [0.1, 0.15) is 44.9 Å². The Bertz CT molecular complexity index is 334. The van der Waals surface area contributed by atoms with Crippen LogP contribution in [-0.2, 0) is 17.3 Å². The van der Waals surface area contributed by atoms with E-state index in [1.807, 2.05) is 20.2 Å². The molecule has 0 saturated heterocycles. The molecule has 0 saturated carbocycles. The van der Waals surface area contributed by atoms with E-state index in [2.05, 4.69) is 25.9 Å². The first-order chi connectivity index (χ1) is 6.36. The predicted octanol–water partition coefficient (Wildman–Crippen LogP) is 2.02. The average Bonchev–Trinajstić information content (AvgIpc) is 2.45. The Kier molecular flexibility index (Phi) is 2.79. The van der Waals surface area contributed by atoms with Crippen molar-refractivity contribution in [2.75, 3.05) is 0 Å². The number of hydrogen-bond acceptors (Lipinski definition) is 2. The van der Waals surface area contributed by atoms with Crippen molar-refractivity contribution < 1.29 is 4.79 Å². The summed E-state index contributed by atoms with van der Waals surface area (Å²) >= 11 is 0. The van der Waals surface area contributed by atoms with E-state index in [1.165, 1.54) is 0 Å². The van der Waals surface area contributed by atoms with E-state index in [4.69, 9.17) is 0 Å². The Morgan fingerprint density at radius 1 is 1.50 bits per heavy atom. The van der Waals surface area contributed by atoms with Gasteiger partial charge in [-0.05, 0) is 0 Å². The van der Waals surface area contributed by atoms with E-state index in [9.17, 15) is 4.79 Å². The fourth-order valence-electron chi connectivity index (χ4n) is 1.50. The van der Waals surface area contributed by atoms with Crippen LogP contribution in [0.15, 0.2) is 6.20 Å². The summed E-state index contributed by atoms with van der Waals surface area (Å²) in [7, 11) is 1.89. The fourth-order valence-corrected chi connectivity index (χ4v) is 1.50. The summed E-state index contributed by atoms with van der Waals surface area (Å²) in [6.45, 7) is 8.22. The van der Waals surface area contributed by atoms with Crippen LogP contribution >= 0.6 is 0 Å². The van der Waals surface area contributed by atoms with Crippen LogP contribution in [0.4, 0.5) is 0 Å². The Morgan fingerprint density at radius 2 is 2.07 bits per heavy atom. The normalized spacial score (nSPS) is 14.1. The zero-order chi connectivity index (χ0) is 10.9. The summed E-state index contributed by atoms with van der Waals surface area (Å²) in [5, 5.41) is 4.41. The van der Waals surface area contributed by atoms with Gasteiger partial charge in [0, 0.05) is 30.1 Å². The lowest BCUT2D eigenvalue weighted by Crippen LogP contribution is -2.16. The highest BCUT2D eigenvalue weighted by Gasteiger charge is 2.24. The molecule has 1 unspecified atom stereocenters. The van der Waals surface area contributed by atoms with E-state index in [-0.39, 0.29) is 11.3 Å². The molecule has 78 valence electrons. The summed E-state index contributed by atoms with van der Waals surface area (Å²) in [6, 6.07) is 0. The van der Waals surface area contributed by atoms with Gasteiger partial charge in [0.15, 0.2) is 0 Å². The minimum Gasteiger partial charge on any atom is -0.303 e. The van der Waals surface area contributed by atoms with Gasteiger partial charge in [0.25, 0.3) is 0 Å². The van der Waals surface area contributed by atoms with E-state index in [0.717, 1.165) is 17.5 Å². The molecule has 0 aromatic carbocycles. The number of hydrogen-bond donors (Lipinski definition) is 0. The lowest BCUT2D eigenvalue weighted by Gasteiger charge is -2.18. The van der Waals surface area contributed by atoms with Crippen molar-refractivity contribution in [1.82, 2.24) is 9.78 Å². The van der Waals surface area contributed by atoms with E-state index >= 15 is 0 Å². The molecular formula is C11H18N2O. The molecule has 0 spiro atoms. The van der Waals surface area contributed by atoms with E-state index in [0.29, 0.717) is 0 Å². The molecule has 1 aromatic rings. The van der Waals surface area contributed by atoms with E-state index in [1.54, 1.807) is 4.68 Å². The largest absolute Gasteiger partial charge is 0.303 e. The number of aromatic nitrogens is 2. The quantitative estimate of drug-likeness (QED) is 0.675. The zero-order valence-electron chi connectivity index (χ0n) is 9.53. The maximum absolute atomic E-state index is 10.8. The third-order valence-electron chi connectivity index (χ3n) is 2.26. The molecule has 0 aliphatic heterocycles. The fraction of sp³-hybridized carbons (Fsp3) is 0.636. The first-order valence-electron chi connectivity index (χ1n) is 4.85. The van der Waals surface area contributed by atoms with Crippen molar-refractivity contribution in [1.29, 1.82) is 0 Å². The topological polar surface area (TPSA) is 34.9 Å². The highest BCUT2D eigenvalue weighted by Crippen LogP contribution is 2.28. The molecule has 3 heteroatoms. The van der Waals surface area contributed by atoms with Crippen LogP contribution in [0, 0.1) is 0 Å². The first-order valence-corrected chi connectivity index (χ1v) is 4.85. The second-order valence-corrected chi connectivity index (χ2v) is 4.78. The zero-order valence-corrected chi connectivity index (χ0v) is 9.53. The molecule has 0 fully saturated rings. The van der Waals surface area contributed by atoms with Crippen molar-refractivity contribution >= 4 is 6.29 Å². The number of carbonyl (C=O) groups is 1. The third-order valence-corrected chi connectivity index (χ3v) is 2.26. The average molecular weight is 194 g/mol. The second kappa shape index (κ2) is 3.56. The lowest BCUT2D eigenvalue weighted by atomic mass is 9.86. The Labute approximate surface area is 85.1 Å². The van der Waals surface area contributed by atoms with Crippen molar-refractivity contribution in [2.45, 2.75) is 39.0 Å². The van der Waals surface area contributed by atoms with Crippen LogP contribution in [0.25, 0.3) is 0 Å². The van der Waals surface area contributed by atoms with Crippen LogP contribution in [-0.4, -0.2) is 16.1 Å². The molecule has 0 aliphatic rings. The van der Waals surface area contributed by atoms with Crippen LogP contribution < -0.4 is 0 Å². The number of nitrogens with zero attached hydrogens (tertiary/aromatic N) is 2. The van der Waals surface area contributed by atoms with Crippen LogP contribution in [0.5, 0.6) is 0 Å². The standard InChI is InChI=1S/C11H18N2O/c1-8(7-14)9-6-13(5)12-10(9)11(2,3)4/h6-8H,1-5H3. The molecule has 1 aromatic heterocycles. The van der Waals surface area contributed by atoms with Gasteiger partial charge in [-0.25, -0.2) is 0 Å². The summed E-state index contributed by atoms with van der Waals surface area (Å²) in [5.41, 5.74) is 2.04. The number of rotatable bonds is 2. The molecular weight excluding hydrogens is 176 g/mol. The van der Waals surface area contributed by atoms with Gasteiger partial charge in [-0.3, -0.25) is 4.68 Å². The number of carbonyl (C=O) groups excluding carboxylic acids is 1. The molecule has 1 atom stereocenters. The highest BCUT2D eigenvalue weighted by atomic mass is 16.1. The number of aryl methyl sites for hydroxylation is 1. The Morgan fingerprint density at radius 3 is 2.50 bits per heavy atom. The minimum absolute atomic E-state index is 0.00609. The second-order valence-electron chi connectivity index (χ2n) is 4.78. The molecule has 3 nitrogen and oxygen atoms in total. The van der Waals surface area contributed by atoms with E-state index < -0.39 is 0 Å². The predicted molar refractivity (Wildman–Crippen MR) is 56.4 cm³/mol. The first kappa shape index (κ1) is 11.0. The smallest absolute Gasteiger partial charge is 0.127 e. The molecule has 0 radical (unpaired) electrons. The van der Waals surface area contributed by atoms with Crippen molar-refractivity contribution in [2.24, 2.45) is 7.05 Å². The van der Waals surface area contributed by atoms with Crippen molar-refractivity contribution in [3.63, 3.8) is 0 Å². The molecule has 0 aliphatic carbocycles. The summed E-state index contributed by atoms with van der Waals surface area (Å²) in [6.07, 6.45) is 2.89. The van der Waals surface area contributed by atoms with Gasteiger partial charge in [0.1, 0.15) is 6.29 Å². The monoisotopic (exact) mass is 194 g/mol. The minimum atomic E-state index is -0.0714. The molecule has 1 heterocycles. The molecule has 0 N–H and O–H groups in total. The lowest BCUT2D eigenvalue weighted by molar-refractivity contribution is -0.108. The number of aldehydes is 1. The highest BCUT2D eigenvalue weighted by molar-refractivity contribution is 5.62. The van der Waals surface area contributed by atoms with Gasteiger partial charge in [-0.2, -0.15) is 5.10 Å². The Balaban J connectivity index is 3.22. The van der Waals surface area contributed by atoms with Gasteiger partial charge < -0.3 is 4.79 Å². The van der Waals surface area contributed by atoms with Gasteiger partial charge in [-0.1, -0.05) is 27.7 Å². The molecule has 0 bridgehead atoms. The summed E-state index contributed by atoms with van der Waals surface area (Å²) in [5.74, 6) is -0.0714. The van der Waals surface area contributed by atoms with Crippen LogP contribution in [0.3, 0.4) is 0 Å². The van der Waals surface area contributed by atoms with Crippen molar-refractivity contribution in [3.05, 3.63) is 17.5 Å². The van der Waals surface area contributed by atoms with Crippen LogP contribution in [0.2, 0.25) is 0 Å². The molecule has 14 heavy (non-hydrogen) atoms. The molecule has 0 amide bonds. The van der Waals surface area contributed by atoms with Gasteiger partial charge in [0.05, 0.1) is 5.69 Å². The van der Waals surface area contributed by atoms with Crippen molar-refractivity contribution in [3.8, 4) is 0 Å². The summed E-state index contributed by atoms with van der Waals surface area (Å²) < 4.78 is 1.77. The Hall–Kier alpha value is -1.12.